The molecule has 0 spiro atoms. The molecule has 138 valence electrons. The van der Waals surface area contributed by atoms with E-state index in [-0.39, 0.29) is 30.2 Å². The average molecular weight is 354 g/mol. The maximum atomic E-state index is 12.3. The van der Waals surface area contributed by atoms with E-state index in [4.69, 9.17) is 4.74 Å². The molecule has 0 aliphatic heterocycles. The van der Waals surface area contributed by atoms with Crippen molar-refractivity contribution >= 4 is 11.8 Å². The number of hydrogen-bond donors (Lipinski definition) is 2. The van der Waals surface area contributed by atoms with Gasteiger partial charge in [0.15, 0.2) is 0 Å². The first-order chi connectivity index (χ1) is 12.5. The molecule has 0 bridgehead atoms. The van der Waals surface area contributed by atoms with Crippen LogP contribution in [-0.2, 0) is 4.79 Å². The minimum absolute atomic E-state index is 0.0850. The first kappa shape index (κ1) is 19.5. The summed E-state index contributed by atoms with van der Waals surface area (Å²) in [4.78, 5) is 24.3. The second-order valence-electron chi connectivity index (χ2n) is 6.43. The lowest BCUT2D eigenvalue weighted by molar-refractivity contribution is -0.122. The van der Waals surface area contributed by atoms with Gasteiger partial charge in [0.05, 0.1) is 13.2 Å². The molecule has 0 aliphatic carbocycles. The number of nitrogens with one attached hydrogen (secondary N) is 2. The normalized spacial score (nSPS) is 11.7. The second-order valence-corrected chi connectivity index (χ2v) is 6.43. The van der Waals surface area contributed by atoms with E-state index in [1.54, 1.807) is 19.2 Å². The van der Waals surface area contributed by atoms with Crippen LogP contribution in [-0.4, -0.2) is 25.5 Å². The van der Waals surface area contributed by atoms with Crippen molar-refractivity contribution in [1.82, 2.24) is 10.6 Å². The van der Waals surface area contributed by atoms with E-state index in [0.717, 1.165) is 11.3 Å². The standard InChI is InChI=1S/C21H26N2O3/c1-15(2)20(16-9-11-18(26-3)12-10-16)23-19(24)13-14-22-21(25)17-7-5-4-6-8-17/h4-12,15,20H,13-14H2,1-3H3,(H,22,25)(H,23,24). The van der Waals surface area contributed by atoms with Crippen LogP contribution < -0.4 is 15.4 Å². The third kappa shape index (κ3) is 5.62. The summed E-state index contributed by atoms with van der Waals surface area (Å²) in [6.07, 6.45) is 0.234. The zero-order valence-electron chi connectivity index (χ0n) is 15.5. The largest absolute Gasteiger partial charge is 0.497 e. The van der Waals surface area contributed by atoms with E-state index in [1.807, 2.05) is 42.5 Å². The third-order valence-corrected chi connectivity index (χ3v) is 4.13. The molecular formula is C21H26N2O3. The SMILES string of the molecule is COc1ccc(C(NC(=O)CCNC(=O)c2ccccc2)C(C)C)cc1. The van der Waals surface area contributed by atoms with Gasteiger partial charge in [-0.2, -0.15) is 0 Å². The Labute approximate surface area is 154 Å². The van der Waals surface area contributed by atoms with Gasteiger partial charge in [-0.15, -0.1) is 0 Å². The van der Waals surface area contributed by atoms with Gasteiger partial charge in [-0.1, -0.05) is 44.2 Å². The van der Waals surface area contributed by atoms with Gasteiger partial charge in [0.1, 0.15) is 5.75 Å². The summed E-state index contributed by atoms with van der Waals surface area (Å²) in [5.74, 6) is 0.763. The predicted octanol–water partition coefficient (Wildman–Crippen LogP) is 3.33. The number of hydrogen-bond acceptors (Lipinski definition) is 3. The molecule has 2 aromatic carbocycles. The molecule has 5 heteroatoms. The van der Waals surface area contributed by atoms with Gasteiger partial charge in [0, 0.05) is 18.5 Å². The molecule has 0 aromatic heterocycles. The summed E-state index contributed by atoms with van der Waals surface area (Å²) in [6.45, 7) is 4.42. The Morgan fingerprint density at radius 2 is 1.65 bits per heavy atom. The zero-order valence-corrected chi connectivity index (χ0v) is 15.5. The van der Waals surface area contributed by atoms with Crippen molar-refractivity contribution in [3.05, 3.63) is 65.7 Å². The number of rotatable bonds is 8. The number of benzene rings is 2. The monoisotopic (exact) mass is 354 g/mol. The van der Waals surface area contributed by atoms with Gasteiger partial charge in [-0.25, -0.2) is 0 Å². The highest BCUT2D eigenvalue weighted by Crippen LogP contribution is 2.23. The van der Waals surface area contributed by atoms with Crippen LogP contribution in [0.1, 0.15) is 42.2 Å². The first-order valence-corrected chi connectivity index (χ1v) is 8.78. The highest BCUT2D eigenvalue weighted by molar-refractivity contribution is 5.94. The summed E-state index contributed by atoms with van der Waals surface area (Å²) in [7, 11) is 1.63. The molecular weight excluding hydrogens is 328 g/mol. The van der Waals surface area contributed by atoms with Crippen LogP contribution in [0, 0.1) is 5.92 Å². The van der Waals surface area contributed by atoms with Crippen LogP contribution in [0.5, 0.6) is 5.75 Å². The molecule has 2 amide bonds. The molecule has 0 fully saturated rings. The molecule has 0 saturated heterocycles. The highest BCUT2D eigenvalue weighted by atomic mass is 16.5. The van der Waals surface area contributed by atoms with Crippen LogP contribution in [0.3, 0.4) is 0 Å². The maximum Gasteiger partial charge on any atom is 0.251 e. The Kier molecular flexibility index (Phi) is 7.21. The minimum atomic E-state index is -0.172. The molecule has 0 saturated carbocycles. The minimum Gasteiger partial charge on any atom is -0.497 e. The van der Waals surface area contributed by atoms with E-state index in [2.05, 4.69) is 24.5 Å². The lowest BCUT2D eigenvalue weighted by Crippen LogP contribution is -2.34. The lowest BCUT2D eigenvalue weighted by Gasteiger charge is -2.23. The van der Waals surface area contributed by atoms with Gasteiger partial charge in [0.2, 0.25) is 5.91 Å². The van der Waals surface area contributed by atoms with E-state index in [0.29, 0.717) is 12.1 Å². The van der Waals surface area contributed by atoms with Crippen molar-refractivity contribution in [2.45, 2.75) is 26.3 Å². The molecule has 26 heavy (non-hydrogen) atoms. The van der Waals surface area contributed by atoms with E-state index in [1.165, 1.54) is 0 Å². The number of amides is 2. The van der Waals surface area contributed by atoms with Gasteiger partial charge < -0.3 is 15.4 Å². The number of methoxy groups -OCH3 is 1. The predicted molar refractivity (Wildman–Crippen MR) is 102 cm³/mol. The third-order valence-electron chi connectivity index (χ3n) is 4.13. The van der Waals surface area contributed by atoms with Gasteiger partial charge >= 0.3 is 0 Å². The summed E-state index contributed by atoms with van der Waals surface area (Å²) in [6, 6.07) is 16.6. The van der Waals surface area contributed by atoms with Crippen molar-refractivity contribution in [2.75, 3.05) is 13.7 Å². The zero-order chi connectivity index (χ0) is 18.9. The summed E-state index contributed by atoms with van der Waals surface area (Å²) in [5, 5.41) is 5.82. The molecule has 0 radical (unpaired) electrons. The molecule has 2 N–H and O–H groups in total. The number of carbonyl (C=O) groups excluding carboxylic acids is 2. The van der Waals surface area contributed by atoms with Gasteiger partial charge in [-0.3, -0.25) is 9.59 Å². The fourth-order valence-corrected chi connectivity index (χ4v) is 2.67. The second kappa shape index (κ2) is 9.61. The number of carbonyl (C=O) groups is 2. The summed E-state index contributed by atoms with van der Waals surface area (Å²) in [5.41, 5.74) is 1.62. The van der Waals surface area contributed by atoms with Crippen molar-refractivity contribution in [2.24, 2.45) is 5.92 Å². The van der Waals surface area contributed by atoms with Crippen molar-refractivity contribution in [1.29, 1.82) is 0 Å². The number of ether oxygens (including phenoxy) is 1. The Balaban J connectivity index is 1.86. The van der Waals surface area contributed by atoms with Crippen molar-refractivity contribution in [3.63, 3.8) is 0 Å². The van der Waals surface area contributed by atoms with E-state index in [9.17, 15) is 9.59 Å². The summed E-state index contributed by atoms with van der Waals surface area (Å²) >= 11 is 0. The Hall–Kier alpha value is -2.82. The molecule has 1 atom stereocenters. The van der Waals surface area contributed by atoms with Gasteiger partial charge in [0.25, 0.3) is 5.91 Å². The van der Waals surface area contributed by atoms with Crippen LogP contribution >= 0.6 is 0 Å². The smallest absolute Gasteiger partial charge is 0.251 e. The van der Waals surface area contributed by atoms with Crippen LogP contribution in [0.15, 0.2) is 54.6 Å². The van der Waals surface area contributed by atoms with E-state index < -0.39 is 0 Å². The van der Waals surface area contributed by atoms with Crippen LogP contribution in [0.2, 0.25) is 0 Å². The fraction of sp³-hybridized carbons (Fsp3) is 0.333. The molecule has 5 nitrogen and oxygen atoms in total. The molecule has 2 rings (SSSR count). The van der Waals surface area contributed by atoms with Crippen molar-refractivity contribution in [3.8, 4) is 5.75 Å². The van der Waals surface area contributed by atoms with Gasteiger partial charge in [-0.05, 0) is 35.7 Å². The topological polar surface area (TPSA) is 67.4 Å². The Bertz CT molecular complexity index is 712. The van der Waals surface area contributed by atoms with Crippen molar-refractivity contribution < 1.29 is 14.3 Å². The molecule has 1 unspecified atom stereocenters. The molecule has 0 heterocycles. The fourth-order valence-electron chi connectivity index (χ4n) is 2.67. The molecule has 0 aliphatic rings. The Morgan fingerprint density at radius 1 is 1.00 bits per heavy atom. The van der Waals surface area contributed by atoms with E-state index >= 15 is 0 Å². The highest BCUT2D eigenvalue weighted by Gasteiger charge is 2.18. The van der Waals surface area contributed by atoms with Crippen LogP contribution in [0.25, 0.3) is 0 Å². The summed E-state index contributed by atoms with van der Waals surface area (Å²) < 4.78 is 5.17. The Morgan fingerprint density at radius 3 is 2.23 bits per heavy atom. The quantitative estimate of drug-likeness (QED) is 0.764. The maximum absolute atomic E-state index is 12.3. The first-order valence-electron chi connectivity index (χ1n) is 8.78. The molecule has 2 aromatic rings. The average Bonchev–Trinajstić information content (AvgIpc) is 2.66. The van der Waals surface area contributed by atoms with Crippen LogP contribution in [0.4, 0.5) is 0 Å². The lowest BCUT2D eigenvalue weighted by atomic mass is 9.96.